The molecule has 1 aliphatic heterocycles. The van der Waals surface area contributed by atoms with Crippen molar-refractivity contribution in [3.05, 3.63) is 0 Å². The van der Waals surface area contributed by atoms with Gasteiger partial charge < -0.3 is 30.1 Å². The number of aliphatic hydroxyl groups excluding tert-OH is 1. The Kier molecular flexibility index (Phi) is 10.2. The highest BCUT2D eigenvalue weighted by Gasteiger charge is 2.34. The second-order valence-corrected chi connectivity index (χ2v) is 6.28. The van der Waals surface area contributed by atoms with Crippen LogP contribution in [-0.4, -0.2) is 89.8 Å². The first-order valence-corrected chi connectivity index (χ1v) is 8.46. The summed E-state index contributed by atoms with van der Waals surface area (Å²) in [5.74, 6) is 0.814. The van der Waals surface area contributed by atoms with E-state index in [1.54, 1.807) is 14.2 Å². The Morgan fingerprint density at radius 3 is 2.83 bits per heavy atom. The number of methoxy groups -OCH3 is 1. The van der Waals surface area contributed by atoms with Crippen LogP contribution in [0.15, 0.2) is 4.99 Å². The van der Waals surface area contributed by atoms with E-state index in [9.17, 15) is 5.11 Å². The molecule has 23 heavy (non-hydrogen) atoms. The maximum absolute atomic E-state index is 9.26. The van der Waals surface area contributed by atoms with Gasteiger partial charge in [-0.15, -0.1) is 0 Å². The van der Waals surface area contributed by atoms with Crippen molar-refractivity contribution in [2.75, 3.05) is 73.8 Å². The third-order valence-corrected chi connectivity index (χ3v) is 4.37. The summed E-state index contributed by atoms with van der Waals surface area (Å²) in [5.41, 5.74) is 0.0345. The van der Waals surface area contributed by atoms with Crippen LogP contribution in [0.3, 0.4) is 0 Å². The molecule has 1 heterocycles. The van der Waals surface area contributed by atoms with E-state index >= 15 is 0 Å². The summed E-state index contributed by atoms with van der Waals surface area (Å²) in [7, 11) is 5.61. The summed E-state index contributed by atoms with van der Waals surface area (Å²) in [4.78, 5) is 6.52. The van der Waals surface area contributed by atoms with Gasteiger partial charge in [-0.1, -0.05) is 0 Å². The molecule has 3 N–H and O–H groups in total. The average molecular weight is 330 g/mol. The fourth-order valence-electron chi connectivity index (χ4n) is 2.72. The van der Waals surface area contributed by atoms with Crippen LogP contribution in [-0.2, 0) is 9.47 Å². The van der Waals surface area contributed by atoms with Gasteiger partial charge in [-0.05, 0) is 32.9 Å². The fraction of sp³-hybridized carbons (Fsp3) is 0.938. The molecular formula is C16H34N4O3. The van der Waals surface area contributed by atoms with E-state index in [1.807, 2.05) is 0 Å². The summed E-state index contributed by atoms with van der Waals surface area (Å²) in [6, 6.07) is 0. The van der Waals surface area contributed by atoms with Gasteiger partial charge in [0.25, 0.3) is 0 Å². The first-order valence-electron chi connectivity index (χ1n) is 8.46. The van der Waals surface area contributed by atoms with Crippen LogP contribution in [0.2, 0.25) is 0 Å². The Hall–Kier alpha value is -0.890. The molecule has 1 unspecified atom stereocenters. The first-order chi connectivity index (χ1) is 11.2. The van der Waals surface area contributed by atoms with Crippen molar-refractivity contribution >= 4 is 5.96 Å². The molecule has 0 aliphatic carbocycles. The summed E-state index contributed by atoms with van der Waals surface area (Å²) in [6.07, 6.45) is 2.80. The average Bonchev–Trinajstić information content (AvgIpc) is 3.01. The zero-order valence-corrected chi connectivity index (χ0v) is 14.9. The van der Waals surface area contributed by atoms with Crippen molar-refractivity contribution in [2.45, 2.75) is 19.3 Å². The Labute approximate surface area is 140 Å². The molecule has 0 spiro atoms. The van der Waals surface area contributed by atoms with Gasteiger partial charge in [-0.25, -0.2) is 0 Å². The normalized spacial score (nSPS) is 21.9. The van der Waals surface area contributed by atoms with E-state index < -0.39 is 0 Å². The molecule has 1 aliphatic rings. The zero-order chi connectivity index (χ0) is 17.0. The molecule has 0 amide bonds. The number of aliphatic hydroxyl groups is 1. The van der Waals surface area contributed by atoms with Crippen LogP contribution < -0.4 is 10.6 Å². The van der Waals surface area contributed by atoms with Crippen molar-refractivity contribution in [1.82, 2.24) is 15.5 Å². The molecule has 136 valence electrons. The lowest BCUT2D eigenvalue weighted by Crippen LogP contribution is -2.45. The Morgan fingerprint density at radius 1 is 1.39 bits per heavy atom. The molecule has 0 aromatic rings. The Balaban J connectivity index is 2.21. The molecule has 0 saturated carbocycles. The van der Waals surface area contributed by atoms with Crippen LogP contribution in [0.25, 0.3) is 0 Å². The molecule has 0 aromatic heterocycles. The van der Waals surface area contributed by atoms with Crippen LogP contribution in [0.4, 0.5) is 0 Å². The summed E-state index contributed by atoms with van der Waals surface area (Å²) >= 11 is 0. The number of hydrogen-bond acceptors (Lipinski definition) is 5. The molecule has 0 radical (unpaired) electrons. The first kappa shape index (κ1) is 20.2. The summed E-state index contributed by atoms with van der Waals surface area (Å²) in [5, 5.41) is 16.0. The Morgan fingerprint density at radius 2 is 2.22 bits per heavy atom. The van der Waals surface area contributed by atoms with Gasteiger partial charge in [0.05, 0.1) is 13.2 Å². The van der Waals surface area contributed by atoms with Gasteiger partial charge in [-0.3, -0.25) is 4.99 Å². The zero-order valence-electron chi connectivity index (χ0n) is 14.9. The van der Waals surface area contributed by atoms with E-state index in [0.29, 0.717) is 6.61 Å². The molecule has 1 saturated heterocycles. The van der Waals surface area contributed by atoms with E-state index in [4.69, 9.17) is 9.47 Å². The van der Waals surface area contributed by atoms with Crippen molar-refractivity contribution < 1.29 is 14.6 Å². The van der Waals surface area contributed by atoms with Crippen molar-refractivity contribution in [2.24, 2.45) is 10.4 Å². The van der Waals surface area contributed by atoms with Crippen LogP contribution >= 0.6 is 0 Å². The van der Waals surface area contributed by atoms with Gasteiger partial charge in [0.2, 0.25) is 0 Å². The van der Waals surface area contributed by atoms with E-state index in [0.717, 1.165) is 64.6 Å². The van der Waals surface area contributed by atoms with Crippen molar-refractivity contribution in [3.8, 4) is 0 Å². The number of aliphatic imine (C=N–C) groups is 1. The van der Waals surface area contributed by atoms with Crippen LogP contribution in [0, 0.1) is 5.41 Å². The van der Waals surface area contributed by atoms with Crippen molar-refractivity contribution in [1.29, 1.82) is 0 Å². The van der Waals surface area contributed by atoms with Gasteiger partial charge in [0.1, 0.15) is 0 Å². The molecule has 0 bridgehead atoms. The standard InChI is InChI=1S/C16H34N4O3/c1-17-15(18-7-4-8-20(2)9-12-22-3)19-13-16(5-10-21)6-11-23-14-16/h21H,4-14H2,1-3H3,(H2,17,18,19). The molecule has 1 fully saturated rings. The number of nitrogens with one attached hydrogen (secondary N) is 2. The highest BCUT2D eigenvalue weighted by atomic mass is 16.5. The molecular weight excluding hydrogens is 296 g/mol. The molecule has 1 rings (SSSR count). The second-order valence-electron chi connectivity index (χ2n) is 6.28. The second kappa shape index (κ2) is 11.6. The highest BCUT2D eigenvalue weighted by molar-refractivity contribution is 5.79. The largest absolute Gasteiger partial charge is 0.396 e. The predicted octanol–water partition coefficient (Wildman–Crippen LogP) is -0.0912. The maximum Gasteiger partial charge on any atom is 0.190 e. The minimum absolute atomic E-state index is 0.0345. The Bertz CT molecular complexity index is 333. The lowest BCUT2D eigenvalue weighted by molar-refractivity contribution is 0.127. The third-order valence-electron chi connectivity index (χ3n) is 4.37. The minimum atomic E-state index is 0.0345. The monoisotopic (exact) mass is 330 g/mol. The van der Waals surface area contributed by atoms with Crippen molar-refractivity contribution in [3.63, 3.8) is 0 Å². The lowest BCUT2D eigenvalue weighted by atomic mass is 9.84. The topological polar surface area (TPSA) is 78.4 Å². The maximum atomic E-state index is 9.26. The van der Waals surface area contributed by atoms with Gasteiger partial charge in [0, 0.05) is 52.4 Å². The smallest absolute Gasteiger partial charge is 0.190 e. The van der Waals surface area contributed by atoms with Crippen LogP contribution in [0.5, 0.6) is 0 Å². The number of nitrogens with zero attached hydrogens (tertiary/aromatic N) is 2. The lowest BCUT2D eigenvalue weighted by Gasteiger charge is -2.27. The van der Waals surface area contributed by atoms with Gasteiger partial charge in [0.15, 0.2) is 5.96 Å². The highest BCUT2D eigenvalue weighted by Crippen LogP contribution is 2.31. The molecule has 0 aromatic carbocycles. The van der Waals surface area contributed by atoms with E-state index in [1.165, 1.54) is 0 Å². The van der Waals surface area contributed by atoms with E-state index in [-0.39, 0.29) is 12.0 Å². The van der Waals surface area contributed by atoms with Gasteiger partial charge >= 0.3 is 0 Å². The number of likely N-dealkylation sites (N-methyl/N-ethyl adjacent to an activating group) is 1. The quantitative estimate of drug-likeness (QED) is 0.279. The molecule has 7 heteroatoms. The van der Waals surface area contributed by atoms with Gasteiger partial charge in [-0.2, -0.15) is 0 Å². The fourth-order valence-corrected chi connectivity index (χ4v) is 2.72. The van der Waals surface area contributed by atoms with E-state index in [2.05, 4.69) is 27.6 Å². The molecule has 7 nitrogen and oxygen atoms in total. The SMILES string of the molecule is CN=C(NCCCN(C)CCOC)NCC1(CCO)CCOC1. The van der Waals surface area contributed by atoms with Crippen LogP contribution in [0.1, 0.15) is 19.3 Å². The third kappa shape index (κ3) is 7.97. The summed E-state index contributed by atoms with van der Waals surface area (Å²) < 4.78 is 10.6. The summed E-state index contributed by atoms with van der Waals surface area (Å²) in [6.45, 7) is 6.08. The number of rotatable bonds is 11. The minimum Gasteiger partial charge on any atom is -0.396 e. The predicted molar refractivity (Wildman–Crippen MR) is 92.9 cm³/mol. The number of hydrogen-bond donors (Lipinski definition) is 3. The number of ether oxygens (including phenoxy) is 2. The molecule has 1 atom stereocenters. The number of guanidine groups is 1.